The first-order valence-electron chi connectivity index (χ1n) is 9.23. The summed E-state index contributed by atoms with van der Waals surface area (Å²) in [5, 5.41) is 3.34. The van der Waals surface area contributed by atoms with Gasteiger partial charge >= 0.3 is 0 Å². The Bertz CT molecular complexity index is 949. The average Bonchev–Trinajstić information content (AvgIpc) is 3.51. The van der Waals surface area contributed by atoms with E-state index in [0.29, 0.717) is 24.4 Å². The molecular formula is C19H21F2N3O3S. The van der Waals surface area contributed by atoms with Gasteiger partial charge in [-0.25, -0.2) is 22.2 Å². The monoisotopic (exact) mass is 409 g/mol. The molecule has 2 fully saturated rings. The second kappa shape index (κ2) is 7.63. The zero-order chi connectivity index (χ0) is 19.7. The van der Waals surface area contributed by atoms with Gasteiger partial charge in [0.25, 0.3) is 10.0 Å². The molecule has 2 unspecified atom stereocenters. The van der Waals surface area contributed by atoms with Crippen molar-refractivity contribution < 1.29 is 21.9 Å². The Morgan fingerprint density at radius 3 is 2.57 bits per heavy atom. The fourth-order valence-corrected chi connectivity index (χ4v) is 4.36. The lowest BCUT2D eigenvalue weighted by Crippen LogP contribution is -2.35. The molecule has 2 heterocycles. The predicted octanol–water partition coefficient (Wildman–Crippen LogP) is 3.53. The number of nitrogens with zero attached hydrogens (tertiary/aromatic N) is 1. The highest BCUT2D eigenvalue weighted by Crippen LogP contribution is 2.38. The van der Waals surface area contributed by atoms with E-state index in [1.807, 2.05) is 0 Å². The highest BCUT2D eigenvalue weighted by Gasteiger charge is 2.35. The molecule has 2 aromatic rings. The van der Waals surface area contributed by atoms with Crippen LogP contribution in [0.4, 0.5) is 20.3 Å². The topological polar surface area (TPSA) is 80.3 Å². The SMILES string of the molecule is O=S(=O)(Nc1ccc(F)c(F)c1)c1ccc(NC2CCOC(C3CC3)C2)nc1. The maximum atomic E-state index is 13.3. The highest BCUT2D eigenvalue weighted by atomic mass is 32.2. The smallest absolute Gasteiger partial charge is 0.263 e. The molecule has 0 radical (unpaired) electrons. The van der Waals surface area contributed by atoms with Crippen LogP contribution in [-0.2, 0) is 14.8 Å². The molecule has 1 aromatic carbocycles. The van der Waals surface area contributed by atoms with E-state index >= 15 is 0 Å². The van der Waals surface area contributed by atoms with Crippen molar-refractivity contribution in [2.45, 2.75) is 42.7 Å². The number of hydrogen-bond acceptors (Lipinski definition) is 5. The van der Waals surface area contributed by atoms with Crippen LogP contribution in [0.2, 0.25) is 0 Å². The Hall–Kier alpha value is -2.26. The van der Waals surface area contributed by atoms with Crippen LogP contribution >= 0.6 is 0 Å². The number of anilines is 2. The van der Waals surface area contributed by atoms with Gasteiger partial charge in [0.1, 0.15) is 10.7 Å². The van der Waals surface area contributed by atoms with Crippen molar-refractivity contribution in [3.05, 3.63) is 48.2 Å². The maximum Gasteiger partial charge on any atom is 0.263 e. The molecule has 1 aliphatic carbocycles. The van der Waals surface area contributed by atoms with Crippen LogP contribution in [0.1, 0.15) is 25.7 Å². The zero-order valence-electron chi connectivity index (χ0n) is 15.1. The third-order valence-corrected chi connectivity index (χ3v) is 6.40. The Balaban J connectivity index is 1.40. The van der Waals surface area contributed by atoms with Crippen molar-refractivity contribution in [2.75, 3.05) is 16.6 Å². The number of benzene rings is 1. The number of hydrogen-bond donors (Lipinski definition) is 2. The summed E-state index contributed by atoms with van der Waals surface area (Å²) < 4.78 is 59.1. The van der Waals surface area contributed by atoms with Crippen LogP contribution < -0.4 is 10.0 Å². The minimum absolute atomic E-state index is 0.0607. The third kappa shape index (κ3) is 4.41. The average molecular weight is 409 g/mol. The number of pyridine rings is 1. The Kier molecular flexibility index (Phi) is 5.20. The Morgan fingerprint density at radius 2 is 1.89 bits per heavy atom. The summed E-state index contributed by atoms with van der Waals surface area (Å²) in [4.78, 5) is 4.13. The van der Waals surface area contributed by atoms with Gasteiger partial charge in [0.05, 0.1) is 11.8 Å². The number of rotatable bonds is 6. The number of ether oxygens (including phenoxy) is 1. The molecule has 1 saturated carbocycles. The van der Waals surface area contributed by atoms with Crippen molar-refractivity contribution in [1.29, 1.82) is 0 Å². The summed E-state index contributed by atoms with van der Waals surface area (Å²) in [7, 11) is -3.95. The molecule has 2 atom stereocenters. The summed E-state index contributed by atoms with van der Waals surface area (Å²) in [5.74, 6) is -0.906. The van der Waals surface area contributed by atoms with E-state index in [4.69, 9.17) is 4.74 Å². The second-order valence-corrected chi connectivity index (χ2v) is 8.91. The molecule has 1 aromatic heterocycles. The highest BCUT2D eigenvalue weighted by molar-refractivity contribution is 7.92. The third-order valence-electron chi connectivity index (χ3n) is 5.03. The van der Waals surface area contributed by atoms with E-state index in [-0.39, 0.29) is 16.6 Å². The van der Waals surface area contributed by atoms with Crippen molar-refractivity contribution in [1.82, 2.24) is 4.98 Å². The van der Waals surface area contributed by atoms with Gasteiger partial charge in [0, 0.05) is 24.9 Å². The second-order valence-electron chi connectivity index (χ2n) is 7.23. The minimum Gasteiger partial charge on any atom is -0.378 e. The maximum absolute atomic E-state index is 13.3. The normalized spacial score (nSPS) is 22.6. The summed E-state index contributed by atoms with van der Waals surface area (Å²) >= 11 is 0. The lowest BCUT2D eigenvalue weighted by atomic mass is 10.00. The minimum atomic E-state index is -3.95. The van der Waals surface area contributed by atoms with Gasteiger partial charge in [-0.15, -0.1) is 0 Å². The Labute approximate surface area is 162 Å². The molecule has 6 nitrogen and oxygen atoms in total. The molecule has 28 heavy (non-hydrogen) atoms. The molecule has 2 aliphatic rings. The van der Waals surface area contributed by atoms with Crippen LogP contribution in [0.15, 0.2) is 41.4 Å². The summed E-state index contributed by atoms with van der Waals surface area (Å²) in [6.45, 7) is 0.712. The zero-order valence-corrected chi connectivity index (χ0v) is 15.9. The lowest BCUT2D eigenvalue weighted by Gasteiger charge is -2.30. The number of nitrogens with one attached hydrogen (secondary N) is 2. The van der Waals surface area contributed by atoms with E-state index in [1.54, 1.807) is 6.07 Å². The van der Waals surface area contributed by atoms with Gasteiger partial charge in [-0.2, -0.15) is 0 Å². The van der Waals surface area contributed by atoms with E-state index < -0.39 is 21.7 Å². The molecule has 9 heteroatoms. The van der Waals surface area contributed by atoms with Gasteiger partial charge in [-0.05, 0) is 55.9 Å². The number of aromatic nitrogens is 1. The van der Waals surface area contributed by atoms with E-state index in [0.717, 1.165) is 31.0 Å². The van der Waals surface area contributed by atoms with Gasteiger partial charge in [0.2, 0.25) is 0 Å². The first-order valence-corrected chi connectivity index (χ1v) is 10.7. The van der Waals surface area contributed by atoms with Crippen molar-refractivity contribution in [3.8, 4) is 0 Å². The van der Waals surface area contributed by atoms with Crippen LogP contribution in [0.25, 0.3) is 0 Å². The fraction of sp³-hybridized carbons (Fsp3) is 0.421. The molecule has 0 bridgehead atoms. The van der Waals surface area contributed by atoms with Crippen molar-refractivity contribution in [3.63, 3.8) is 0 Å². The van der Waals surface area contributed by atoms with Crippen LogP contribution in [0, 0.1) is 17.6 Å². The first-order chi connectivity index (χ1) is 13.4. The molecule has 150 valence electrons. The van der Waals surface area contributed by atoms with Crippen molar-refractivity contribution in [2.24, 2.45) is 5.92 Å². The summed E-state index contributed by atoms with van der Waals surface area (Å²) in [6.07, 6.45) is 5.79. The Morgan fingerprint density at radius 1 is 1.07 bits per heavy atom. The fourth-order valence-electron chi connectivity index (χ4n) is 3.36. The quantitative estimate of drug-likeness (QED) is 0.763. The lowest BCUT2D eigenvalue weighted by molar-refractivity contribution is -0.00223. The summed E-state index contributed by atoms with van der Waals surface area (Å²) in [5.41, 5.74) is -0.0607. The van der Waals surface area contributed by atoms with Gasteiger partial charge < -0.3 is 10.1 Å². The largest absolute Gasteiger partial charge is 0.378 e. The molecule has 1 saturated heterocycles. The van der Waals surface area contributed by atoms with Crippen LogP contribution in [-0.4, -0.2) is 32.2 Å². The van der Waals surface area contributed by atoms with Gasteiger partial charge in [0.15, 0.2) is 11.6 Å². The van der Waals surface area contributed by atoms with E-state index in [1.165, 1.54) is 25.1 Å². The molecule has 2 N–H and O–H groups in total. The number of halogens is 2. The first kappa shape index (κ1) is 19.1. The van der Waals surface area contributed by atoms with Gasteiger partial charge in [-0.3, -0.25) is 4.72 Å². The predicted molar refractivity (Wildman–Crippen MR) is 101 cm³/mol. The number of sulfonamides is 1. The molecule has 4 rings (SSSR count). The molecular weight excluding hydrogens is 388 g/mol. The molecule has 0 spiro atoms. The molecule has 0 amide bonds. The molecule has 1 aliphatic heterocycles. The van der Waals surface area contributed by atoms with Crippen LogP contribution in [0.5, 0.6) is 0 Å². The van der Waals surface area contributed by atoms with Gasteiger partial charge in [-0.1, -0.05) is 0 Å². The standard InChI is InChI=1S/C19H21F2N3O3S/c20-16-5-3-14(9-17(16)21)24-28(25,26)15-4-6-19(22-11-15)23-13-7-8-27-18(10-13)12-1-2-12/h3-6,9,11-13,18,24H,1-2,7-8,10H2,(H,22,23). The van der Waals surface area contributed by atoms with Crippen LogP contribution in [0.3, 0.4) is 0 Å². The van der Waals surface area contributed by atoms with Crippen molar-refractivity contribution >= 4 is 21.5 Å². The van der Waals surface area contributed by atoms with E-state index in [9.17, 15) is 17.2 Å². The van der Waals surface area contributed by atoms with E-state index in [2.05, 4.69) is 15.0 Å². The summed E-state index contributed by atoms with van der Waals surface area (Å²) in [6, 6.07) is 6.07.